The van der Waals surface area contributed by atoms with E-state index in [1.165, 1.54) is 21.9 Å². The van der Waals surface area contributed by atoms with Crippen molar-refractivity contribution in [2.24, 2.45) is 0 Å². The molecule has 2 aromatic rings. The number of rotatable bonds is 1. The highest BCUT2D eigenvalue weighted by Crippen LogP contribution is 2.37. The average molecular weight is 184 g/mol. The number of aliphatic hydroxyl groups is 1. The van der Waals surface area contributed by atoms with E-state index < -0.39 is 0 Å². The standard InChI is InChI=1S/C13H12O/c14-8-11-7-10-5-1-3-9-4-2-6-12(11)13(9)10/h1-6,11,14H,7-8H2/t11-/m1/s1. The van der Waals surface area contributed by atoms with Crippen molar-refractivity contribution in [3.05, 3.63) is 47.5 Å². The zero-order valence-electron chi connectivity index (χ0n) is 7.90. The predicted molar refractivity (Wildman–Crippen MR) is 57.5 cm³/mol. The molecule has 1 heteroatoms. The Morgan fingerprint density at radius 3 is 2.71 bits per heavy atom. The van der Waals surface area contributed by atoms with Crippen LogP contribution in [-0.2, 0) is 6.42 Å². The second-order valence-corrected chi connectivity index (χ2v) is 3.95. The molecule has 1 aliphatic carbocycles. The molecule has 0 heterocycles. The van der Waals surface area contributed by atoms with Gasteiger partial charge in [0.05, 0.1) is 6.61 Å². The Bertz CT molecular complexity index is 482. The van der Waals surface area contributed by atoms with E-state index in [-0.39, 0.29) is 6.61 Å². The van der Waals surface area contributed by atoms with Crippen molar-refractivity contribution in [2.75, 3.05) is 6.61 Å². The van der Waals surface area contributed by atoms with Gasteiger partial charge in [0.25, 0.3) is 0 Å². The van der Waals surface area contributed by atoms with Gasteiger partial charge < -0.3 is 5.11 Å². The number of hydrogen-bond donors (Lipinski definition) is 1. The van der Waals surface area contributed by atoms with E-state index >= 15 is 0 Å². The van der Waals surface area contributed by atoms with Crippen LogP contribution in [0.4, 0.5) is 0 Å². The van der Waals surface area contributed by atoms with Gasteiger partial charge >= 0.3 is 0 Å². The van der Waals surface area contributed by atoms with Gasteiger partial charge in [0.1, 0.15) is 0 Å². The van der Waals surface area contributed by atoms with Crippen LogP contribution in [0.15, 0.2) is 36.4 Å². The minimum atomic E-state index is 0.258. The fourth-order valence-electron chi connectivity index (χ4n) is 2.50. The SMILES string of the molecule is OC[C@H]1Cc2cccc3cccc1c23. The Morgan fingerprint density at radius 1 is 1.14 bits per heavy atom. The van der Waals surface area contributed by atoms with Gasteiger partial charge in [-0.3, -0.25) is 0 Å². The van der Waals surface area contributed by atoms with Crippen molar-refractivity contribution in [1.29, 1.82) is 0 Å². The lowest BCUT2D eigenvalue weighted by Crippen LogP contribution is -2.00. The molecule has 0 saturated carbocycles. The van der Waals surface area contributed by atoms with Gasteiger partial charge in [0.2, 0.25) is 0 Å². The number of hydrogen-bond acceptors (Lipinski definition) is 1. The van der Waals surface area contributed by atoms with E-state index in [0.29, 0.717) is 5.92 Å². The highest BCUT2D eigenvalue weighted by Gasteiger charge is 2.22. The minimum absolute atomic E-state index is 0.258. The predicted octanol–water partition coefficient (Wildman–Crippen LogP) is 2.47. The van der Waals surface area contributed by atoms with E-state index in [0.717, 1.165) is 6.42 Å². The Labute approximate surface area is 83.0 Å². The van der Waals surface area contributed by atoms with E-state index in [1.54, 1.807) is 0 Å². The lowest BCUT2D eigenvalue weighted by Gasteiger charge is -2.06. The van der Waals surface area contributed by atoms with Gasteiger partial charge in [-0.2, -0.15) is 0 Å². The summed E-state index contributed by atoms with van der Waals surface area (Å²) < 4.78 is 0. The molecule has 3 rings (SSSR count). The zero-order valence-corrected chi connectivity index (χ0v) is 7.90. The summed E-state index contributed by atoms with van der Waals surface area (Å²) in [6.07, 6.45) is 0.993. The van der Waals surface area contributed by atoms with Crippen molar-refractivity contribution >= 4 is 10.8 Å². The molecule has 0 amide bonds. The summed E-state index contributed by atoms with van der Waals surface area (Å²) in [5.41, 5.74) is 2.71. The quantitative estimate of drug-likeness (QED) is 0.721. The molecule has 14 heavy (non-hydrogen) atoms. The van der Waals surface area contributed by atoms with Crippen LogP contribution in [-0.4, -0.2) is 11.7 Å². The Kier molecular flexibility index (Phi) is 1.62. The number of aliphatic hydroxyl groups excluding tert-OH is 1. The molecule has 0 fully saturated rings. The second kappa shape index (κ2) is 2.82. The highest BCUT2D eigenvalue weighted by atomic mass is 16.3. The summed E-state index contributed by atoms with van der Waals surface area (Å²) in [7, 11) is 0. The maximum atomic E-state index is 9.29. The summed E-state index contributed by atoms with van der Waals surface area (Å²) in [6, 6.07) is 12.8. The lowest BCUT2D eigenvalue weighted by molar-refractivity contribution is 0.267. The first-order valence-electron chi connectivity index (χ1n) is 5.01. The van der Waals surface area contributed by atoms with E-state index in [1.807, 2.05) is 0 Å². The number of benzene rings is 2. The van der Waals surface area contributed by atoms with E-state index in [4.69, 9.17) is 0 Å². The molecule has 0 bridgehead atoms. The summed E-state index contributed by atoms with van der Waals surface area (Å²) in [5, 5.41) is 12.0. The third-order valence-electron chi connectivity index (χ3n) is 3.15. The largest absolute Gasteiger partial charge is 0.396 e. The van der Waals surface area contributed by atoms with Gasteiger partial charge in [-0.05, 0) is 28.3 Å². The summed E-state index contributed by atoms with van der Waals surface area (Å²) >= 11 is 0. The van der Waals surface area contributed by atoms with Crippen LogP contribution in [0.1, 0.15) is 17.0 Å². The molecule has 1 atom stereocenters. The first-order chi connectivity index (χ1) is 6.90. The molecule has 0 aliphatic heterocycles. The molecule has 1 N–H and O–H groups in total. The summed E-state index contributed by atoms with van der Waals surface area (Å²) in [6.45, 7) is 0.258. The Balaban J connectivity index is 2.38. The maximum Gasteiger partial charge on any atom is 0.0503 e. The van der Waals surface area contributed by atoms with E-state index in [9.17, 15) is 5.11 Å². The zero-order chi connectivity index (χ0) is 9.54. The fraction of sp³-hybridized carbons (Fsp3) is 0.231. The van der Waals surface area contributed by atoms with Crippen LogP contribution < -0.4 is 0 Å². The second-order valence-electron chi connectivity index (χ2n) is 3.95. The molecule has 0 aromatic heterocycles. The topological polar surface area (TPSA) is 20.2 Å². The molecule has 2 aromatic carbocycles. The molecular weight excluding hydrogens is 172 g/mol. The first kappa shape index (κ1) is 8.01. The smallest absolute Gasteiger partial charge is 0.0503 e. The minimum Gasteiger partial charge on any atom is -0.396 e. The molecule has 0 saturated heterocycles. The average Bonchev–Trinajstić information content (AvgIpc) is 2.60. The fourth-order valence-corrected chi connectivity index (χ4v) is 2.50. The van der Waals surface area contributed by atoms with Crippen LogP contribution in [0.2, 0.25) is 0 Å². The molecule has 0 spiro atoms. The first-order valence-corrected chi connectivity index (χ1v) is 5.01. The van der Waals surface area contributed by atoms with Crippen molar-refractivity contribution in [1.82, 2.24) is 0 Å². The van der Waals surface area contributed by atoms with Crippen molar-refractivity contribution < 1.29 is 5.11 Å². The Morgan fingerprint density at radius 2 is 1.93 bits per heavy atom. The Hall–Kier alpha value is -1.34. The van der Waals surface area contributed by atoms with Gasteiger partial charge in [0, 0.05) is 5.92 Å². The van der Waals surface area contributed by atoms with Crippen LogP contribution in [0.5, 0.6) is 0 Å². The van der Waals surface area contributed by atoms with Crippen LogP contribution in [0, 0.1) is 0 Å². The van der Waals surface area contributed by atoms with Crippen LogP contribution in [0.3, 0.4) is 0 Å². The van der Waals surface area contributed by atoms with Crippen LogP contribution in [0.25, 0.3) is 10.8 Å². The maximum absolute atomic E-state index is 9.29. The van der Waals surface area contributed by atoms with Gasteiger partial charge in [-0.25, -0.2) is 0 Å². The monoisotopic (exact) mass is 184 g/mol. The van der Waals surface area contributed by atoms with Crippen molar-refractivity contribution in [2.45, 2.75) is 12.3 Å². The van der Waals surface area contributed by atoms with Crippen LogP contribution >= 0.6 is 0 Å². The lowest BCUT2D eigenvalue weighted by atomic mass is 10.0. The molecule has 0 unspecified atom stereocenters. The van der Waals surface area contributed by atoms with Gasteiger partial charge in [0.15, 0.2) is 0 Å². The highest BCUT2D eigenvalue weighted by molar-refractivity contribution is 5.91. The van der Waals surface area contributed by atoms with Crippen molar-refractivity contribution in [3.63, 3.8) is 0 Å². The molecule has 1 aliphatic rings. The molecular formula is C13H12O. The van der Waals surface area contributed by atoms with E-state index in [2.05, 4.69) is 36.4 Å². The third-order valence-corrected chi connectivity index (χ3v) is 3.15. The summed E-state index contributed by atoms with van der Waals surface area (Å²) in [4.78, 5) is 0. The van der Waals surface area contributed by atoms with Crippen molar-refractivity contribution in [3.8, 4) is 0 Å². The molecule has 0 radical (unpaired) electrons. The molecule has 1 nitrogen and oxygen atoms in total. The molecule has 70 valence electrons. The third kappa shape index (κ3) is 0.933. The normalized spacial score (nSPS) is 19.1. The van der Waals surface area contributed by atoms with Gasteiger partial charge in [-0.1, -0.05) is 36.4 Å². The summed E-state index contributed by atoms with van der Waals surface area (Å²) in [5.74, 6) is 0.316. The van der Waals surface area contributed by atoms with Gasteiger partial charge in [-0.15, -0.1) is 0 Å².